The maximum Gasteiger partial charge on any atom is 0.375 e. The van der Waals surface area contributed by atoms with Crippen LogP contribution in [-0.2, 0) is 25.7 Å². The number of amides is 2. The number of rotatable bonds is 9. The highest BCUT2D eigenvalue weighted by atomic mass is 16.5. The molecule has 0 bridgehead atoms. The number of ether oxygens (including phenoxy) is 2. The number of fused-ring (bicyclic) bond motifs is 1. The van der Waals surface area contributed by atoms with Crippen LogP contribution in [0.2, 0.25) is 0 Å². The van der Waals surface area contributed by atoms with Gasteiger partial charge in [0.25, 0.3) is 5.91 Å². The van der Waals surface area contributed by atoms with Gasteiger partial charge in [-0.25, -0.2) is 4.79 Å². The van der Waals surface area contributed by atoms with Crippen LogP contribution < -0.4 is 10.6 Å². The molecular weight excluding hydrogens is 412 g/mol. The molecule has 3 rings (SSSR count). The summed E-state index contributed by atoms with van der Waals surface area (Å²) in [6.07, 6.45) is 0. The van der Waals surface area contributed by atoms with E-state index < -0.39 is 18.5 Å². The van der Waals surface area contributed by atoms with Gasteiger partial charge in [0.2, 0.25) is 11.7 Å². The fourth-order valence-corrected chi connectivity index (χ4v) is 3.23. The van der Waals surface area contributed by atoms with Gasteiger partial charge in [0.05, 0.1) is 13.2 Å². The molecule has 3 aromatic rings. The predicted octanol–water partition coefficient (Wildman–Crippen LogP) is 3.50. The molecule has 2 aromatic carbocycles. The van der Waals surface area contributed by atoms with E-state index in [-0.39, 0.29) is 24.8 Å². The Balaban J connectivity index is 1.55. The monoisotopic (exact) mass is 438 g/mol. The lowest BCUT2D eigenvalue weighted by atomic mass is 10.1. The van der Waals surface area contributed by atoms with Gasteiger partial charge in [0.1, 0.15) is 5.58 Å². The maximum atomic E-state index is 12.5. The van der Waals surface area contributed by atoms with Gasteiger partial charge in [-0.1, -0.05) is 36.4 Å². The van der Waals surface area contributed by atoms with Crippen LogP contribution in [0.5, 0.6) is 0 Å². The number of furan rings is 1. The third kappa shape index (κ3) is 5.53. The quantitative estimate of drug-likeness (QED) is 0.495. The topological polar surface area (TPSA) is 107 Å². The van der Waals surface area contributed by atoms with Crippen molar-refractivity contribution >= 4 is 34.4 Å². The summed E-state index contributed by atoms with van der Waals surface area (Å²) < 4.78 is 16.2. The summed E-state index contributed by atoms with van der Waals surface area (Å²) in [6.45, 7) is 5.49. The molecule has 8 heteroatoms. The number of anilines is 1. The van der Waals surface area contributed by atoms with Crippen LogP contribution >= 0.6 is 0 Å². The molecule has 0 radical (unpaired) electrons. The number of benzene rings is 2. The summed E-state index contributed by atoms with van der Waals surface area (Å²) in [5.41, 5.74) is 3.66. The van der Waals surface area contributed by atoms with Crippen molar-refractivity contribution in [3.8, 4) is 0 Å². The summed E-state index contributed by atoms with van der Waals surface area (Å²) in [7, 11) is 0. The molecule has 0 fully saturated rings. The first-order valence-corrected chi connectivity index (χ1v) is 10.3. The molecule has 0 aliphatic rings. The standard InChI is InChI=1S/C24H26N2O6/c1-4-30-13-18-17-10-5-6-11-19(17)32-23(18)24(29)31-14-21(28)25-12-20(27)26-22-15(2)8-7-9-16(22)3/h5-11H,4,12-14H2,1-3H3,(H,25,28)(H,26,27). The Hall–Kier alpha value is -3.65. The van der Waals surface area contributed by atoms with Gasteiger partial charge in [0.15, 0.2) is 6.61 Å². The summed E-state index contributed by atoms with van der Waals surface area (Å²) in [6, 6.07) is 12.9. The number of hydrogen-bond acceptors (Lipinski definition) is 6. The number of nitrogens with one attached hydrogen (secondary N) is 2. The SMILES string of the molecule is CCOCc1c(C(=O)OCC(=O)NCC(=O)Nc2c(C)cccc2C)oc2ccccc12. The number of carbonyl (C=O) groups is 3. The van der Waals surface area contributed by atoms with Gasteiger partial charge in [-0.05, 0) is 38.0 Å². The largest absolute Gasteiger partial charge is 0.450 e. The summed E-state index contributed by atoms with van der Waals surface area (Å²) in [5.74, 6) is -1.75. The Morgan fingerprint density at radius 2 is 1.69 bits per heavy atom. The zero-order chi connectivity index (χ0) is 23.1. The second kappa shape index (κ2) is 10.6. The lowest BCUT2D eigenvalue weighted by Crippen LogP contribution is -2.35. The normalized spacial score (nSPS) is 10.7. The second-order valence-corrected chi connectivity index (χ2v) is 7.21. The van der Waals surface area contributed by atoms with Crippen molar-refractivity contribution in [2.24, 2.45) is 0 Å². The predicted molar refractivity (Wildman–Crippen MR) is 119 cm³/mol. The van der Waals surface area contributed by atoms with E-state index in [4.69, 9.17) is 13.9 Å². The minimum Gasteiger partial charge on any atom is -0.450 e. The van der Waals surface area contributed by atoms with E-state index in [2.05, 4.69) is 10.6 Å². The zero-order valence-corrected chi connectivity index (χ0v) is 18.3. The van der Waals surface area contributed by atoms with E-state index in [1.54, 1.807) is 12.1 Å². The minimum atomic E-state index is -0.772. The second-order valence-electron chi connectivity index (χ2n) is 7.21. The molecule has 0 aliphatic carbocycles. The van der Waals surface area contributed by atoms with E-state index in [0.29, 0.717) is 23.4 Å². The maximum absolute atomic E-state index is 12.5. The molecule has 2 amide bonds. The van der Waals surface area contributed by atoms with Crippen LogP contribution in [0.15, 0.2) is 46.9 Å². The Bertz CT molecular complexity index is 1110. The summed E-state index contributed by atoms with van der Waals surface area (Å²) >= 11 is 0. The highest BCUT2D eigenvalue weighted by molar-refractivity contribution is 5.98. The first-order valence-electron chi connectivity index (χ1n) is 10.3. The molecule has 8 nitrogen and oxygen atoms in total. The summed E-state index contributed by atoms with van der Waals surface area (Å²) in [4.78, 5) is 36.8. The number of para-hydroxylation sites is 2. The third-order valence-corrected chi connectivity index (χ3v) is 4.86. The van der Waals surface area contributed by atoms with Crippen molar-refractivity contribution in [3.05, 3.63) is 64.9 Å². The highest BCUT2D eigenvalue weighted by Crippen LogP contribution is 2.27. The van der Waals surface area contributed by atoms with E-state index in [0.717, 1.165) is 16.5 Å². The molecule has 1 heterocycles. The molecule has 0 saturated heterocycles. The van der Waals surface area contributed by atoms with Gasteiger partial charge in [-0.3, -0.25) is 9.59 Å². The molecule has 1 aromatic heterocycles. The molecule has 0 unspecified atom stereocenters. The van der Waals surface area contributed by atoms with E-state index >= 15 is 0 Å². The van der Waals surface area contributed by atoms with Crippen molar-refractivity contribution in [2.45, 2.75) is 27.4 Å². The van der Waals surface area contributed by atoms with Crippen molar-refractivity contribution in [1.29, 1.82) is 0 Å². The van der Waals surface area contributed by atoms with Crippen LogP contribution in [0.4, 0.5) is 5.69 Å². The van der Waals surface area contributed by atoms with Crippen LogP contribution in [-0.4, -0.2) is 37.5 Å². The number of carbonyl (C=O) groups excluding carboxylic acids is 3. The van der Waals surface area contributed by atoms with Crippen LogP contribution in [0.3, 0.4) is 0 Å². The molecule has 0 atom stereocenters. The Kier molecular flexibility index (Phi) is 7.62. The fraction of sp³-hybridized carbons (Fsp3) is 0.292. The van der Waals surface area contributed by atoms with Crippen molar-refractivity contribution in [3.63, 3.8) is 0 Å². The average molecular weight is 438 g/mol. The Morgan fingerprint density at radius 3 is 2.41 bits per heavy atom. The van der Waals surface area contributed by atoms with Crippen LogP contribution in [0, 0.1) is 13.8 Å². The van der Waals surface area contributed by atoms with E-state index in [1.807, 2.05) is 51.1 Å². The van der Waals surface area contributed by atoms with Crippen LogP contribution in [0.1, 0.15) is 34.2 Å². The van der Waals surface area contributed by atoms with E-state index in [1.165, 1.54) is 0 Å². The Labute approximate surface area is 185 Å². The van der Waals surface area contributed by atoms with Crippen molar-refractivity contribution in [2.75, 3.05) is 25.1 Å². The Morgan fingerprint density at radius 1 is 0.969 bits per heavy atom. The average Bonchev–Trinajstić information content (AvgIpc) is 3.15. The van der Waals surface area contributed by atoms with Gasteiger partial charge >= 0.3 is 5.97 Å². The molecular formula is C24H26N2O6. The van der Waals surface area contributed by atoms with Crippen molar-refractivity contribution in [1.82, 2.24) is 5.32 Å². The first-order chi connectivity index (χ1) is 15.4. The van der Waals surface area contributed by atoms with Gasteiger partial charge < -0.3 is 24.5 Å². The number of esters is 1. The molecule has 168 valence electrons. The molecule has 0 saturated carbocycles. The van der Waals surface area contributed by atoms with E-state index in [9.17, 15) is 14.4 Å². The smallest absolute Gasteiger partial charge is 0.375 e. The lowest BCUT2D eigenvalue weighted by molar-refractivity contribution is -0.126. The minimum absolute atomic E-state index is 0.000205. The third-order valence-electron chi connectivity index (χ3n) is 4.86. The first kappa shape index (κ1) is 23.0. The zero-order valence-electron chi connectivity index (χ0n) is 18.3. The lowest BCUT2D eigenvalue weighted by Gasteiger charge is -2.12. The van der Waals surface area contributed by atoms with Gasteiger partial charge in [-0.15, -0.1) is 0 Å². The molecule has 2 N–H and O–H groups in total. The highest BCUT2D eigenvalue weighted by Gasteiger charge is 2.22. The molecule has 0 aliphatic heterocycles. The van der Waals surface area contributed by atoms with Crippen molar-refractivity contribution < 1.29 is 28.3 Å². The number of aryl methyl sites for hydroxylation is 2. The van der Waals surface area contributed by atoms with Crippen LogP contribution in [0.25, 0.3) is 11.0 Å². The fourth-order valence-electron chi connectivity index (χ4n) is 3.23. The summed E-state index contributed by atoms with van der Waals surface area (Å²) in [5, 5.41) is 5.97. The molecule has 32 heavy (non-hydrogen) atoms. The number of hydrogen-bond donors (Lipinski definition) is 2. The van der Waals surface area contributed by atoms with Gasteiger partial charge in [-0.2, -0.15) is 0 Å². The van der Waals surface area contributed by atoms with Gasteiger partial charge in [0, 0.05) is 23.2 Å². The molecule has 0 spiro atoms.